The number of carbonyl (C=O) groups excluding carboxylic acids is 2. The van der Waals surface area contributed by atoms with E-state index in [9.17, 15) is 9.59 Å². The smallest absolute Gasteiger partial charge is 0.246 e. The Kier molecular flexibility index (Phi) is 5.01. The number of hydrogen-bond donors (Lipinski definition) is 1. The summed E-state index contributed by atoms with van der Waals surface area (Å²) in [5.41, 5.74) is 2.85. The molecule has 2 aromatic rings. The molecule has 1 aromatic heterocycles. The van der Waals surface area contributed by atoms with Gasteiger partial charge in [-0.2, -0.15) is 0 Å². The fourth-order valence-corrected chi connectivity index (χ4v) is 2.03. The molecule has 0 aliphatic carbocycles. The third kappa shape index (κ3) is 4.10. The zero-order chi connectivity index (χ0) is 17.0. The van der Waals surface area contributed by atoms with Crippen LogP contribution in [0.4, 0.5) is 0 Å². The summed E-state index contributed by atoms with van der Waals surface area (Å²) < 4.78 is 0. The maximum Gasteiger partial charge on any atom is 0.246 e. The number of nitrogens with one attached hydrogen (secondary N) is 1. The number of amides is 2. The van der Waals surface area contributed by atoms with E-state index in [0.29, 0.717) is 0 Å². The predicted octanol–water partition coefficient (Wildman–Crippen LogP) is 2.37. The highest BCUT2D eigenvalue weighted by Crippen LogP contribution is 2.21. The number of hydrogen-bond acceptors (Lipinski definition) is 2. The van der Waals surface area contributed by atoms with Crippen LogP contribution in [0.1, 0.15) is 11.1 Å². The summed E-state index contributed by atoms with van der Waals surface area (Å²) in [7, 11) is 6.87. The molecule has 0 aliphatic rings. The summed E-state index contributed by atoms with van der Waals surface area (Å²) in [5.74, 6) is -0.108. The summed E-state index contributed by atoms with van der Waals surface area (Å²) in [6.07, 6.45) is 8.54. The average molecular weight is 311 g/mol. The van der Waals surface area contributed by atoms with Gasteiger partial charge in [0.05, 0.1) is 0 Å². The second-order valence-corrected chi connectivity index (χ2v) is 5.68. The van der Waals surface area contributed by atoms with Crippen LogP contribution in [-0.2, 0) is 9.59 Å². The van der Waals surface area contributed by atoms with Crippen molar-refractivity contribution in [1.29, 1.82) is 0 Å². The van der Waals surface area contributed by atoms with Crippen LogP contribution < -0.4 is 0 Å². The van der Waals surface area contributed by atoms with Gasteiger partial charge < -0.3 is 14.8 Å². The van der Waals surface area contributed by atoms with Crippen molar-refractivity contribution in [2.75, 3.05) is 28.2 Å². The molecule has 0 fully saturated rings. The lowest BCUT2D eigenvalue weighted by Gasteiger charge is -2.05. The number of H-pyrrole nitrogens is 1. The van der Waals surface area contributed by atoms with Gasteiger partial charge in [0.15, 0.2) is 0 Å². The highest BCUT2D eigenvalue weighted by molar-refractivity contribution is 5.97. The van der Waals surface area contributed by atoms with Gasteiger partial charge >= 0.3 is 0 Å². The number of aromatic nitrogens is 1. The van der Waals surface area contributed by atoms with Gasteiger partial charge in [-0.3, -0.25) is 9.59 Å². The van der Waals surface area contributed by atoms with Gasteiger partial charge in [0.2, 0.25) is 11.8 Å². The van der Waals surface area contributed by atoms with Crippen molar-refractivity contribution in [3.8, 4) is 0 Å². The summed E-state index contributed by atoms with van der Waals surface area (Å²) in [4.78, 5) is 29.4. The van der Waals surface area contributed by atoms with Crippen molar-refractivity contribution in [1.82, 2.24) is 14.8 Å². The zero-order valence-electron chi connectivity index (χ0n) is 13.8. The average Bonchev–Trinajstić information content (AvgIpc) is 2.92. The standard InChI is InChI=1S/C18H21N3O2/c1-20(2)17(22)9-6-13-5-8-15-14(12-19-16(15)11-13)7-10-18(23)21(3)4/h5-12,19H,1-4H3. The molecule has 5 heteroatoms. The Morgan fingerprint density at radius 2 is 1.57 bits per heavy atom. The van der Waals surface area contributed by atoms with Crippen LogP contribution in [0.2, 0.25) is 0 Å². The third-order valence-corrected chi connectivity index (χ3v) is 3.44. The highest BCUT2D eigenvalue weighted by atomic mass is 16.2. The maximum atomic E-state index is 11.6. The topological polar surface area (TPSA) is 56.4 Å². The number of benzene rings is 1. The summed E-state index contributed by atoms with van der Waals surface area (Å²) in [5, 5.41) is 1.03. The highest BCUT2D eigenvalue weighted by Gasteiger charge is 2.04. The predicted molar refractivity (Wildman–Crippen MR) is 93.8 cm³/mol. The Balaban J connectivity index is 2.24. The lowest BCUT2D eigenvalue weighted by Crippen LogP contribution is -2.18. The van der Waals surface area contributed by atoms with Gasteiger partial charge in [-0.25, -0.2) is 0 Å². The molecule has 1 heterocycles. The normalized spacial score (nSPS) is 11.5. The zero-order valence-corrected chi connectivity index (χ0v) is 13.8. The van der Waals surface area contributed by atoms with E-state index < -0.39 is 0 Å². The Bertz CT molecular complexity index is 783. The largest absolute Gasteiger partial charge is 0.361 e. The Morgan fingerprint density at radius 3 is 2.17 bits per heavy atom. The number of carbonyl (C=O) groups is 2. The fourth-order valence-electron chi connectivity index (χ4n) is 2.03. The first kappa shape index (κ1) is 16.5. The second kappa shape index (κ2) is 6.96. The van der Waals surface area contributed by atoms with Crippen LogP contribution in [0.25, 0.3) is 23.1 Å². The number of nitrogens with zero attached hydrogens (tertiary/aromatic N) is 2. The van der Waals surface area contributed by atoms with Gasteiger partial charge in [-0.05, 0) is 29.3 Å². The van der Waals surface area contributed by atoms with Crippen molar-refractivity contribution >= 4 is 34.9 Å². The Morgan fingerprint density at radius 1 is 0.957 bits per heavy atom. The van der Waals surface area contributed by atoms with Crippen molar-refractivity contribution in [3.05, 3.63) is 47.7 Å². The minimum absolute atomic E-state index is 0.0533. The molecule has 2 amide bonds. The number of rotatable bonds is 4. The Labute approximate surface area is 135 Å². The fraction of sp³-hybridized carbons (Fsp3) is 0.222. The first-order valence-corrected chi connectivity index (χ1v) is 7.28. The molecule has 0 unspecified atom stereocenters. The van der Waals surface area contributed by atoms with Crippen LogP contribution in [0.3, 0.4) is 0 Å². The molecule has 2 rings (SSSR count). The molecule has 0 saturated heterocycles. The molecule has 1 N–H and O–H groups in total. The number of fused-ring (bicyclic) bond motifs is 1. The summed E-state index contributed by atoms with van der Waals surface area (Å²) in [6, 6.07) is 5.89. The number of aromatic amines is 1. The molecule has 0 bridgehead atoms. The molecule has 0 radical (unpaired) electrons. The quantitative estimate of drug-likeness (QED) is 0.881. The monoisotopic (exact) mass is 311 g/mol. The van der Waals surface area contributed by atoms with Crippen molar-refractivity contribution in [2.45, 2.75) is 0 Å². The van der Waals surface area contributed by atoms with Crippen LogP contribution in [-0.4, -0.2) is 54.8 Å². The van der Waals surface area contributed by atoms with Gasteiger partial charge in [0.1, 0.15) is 0 Å². The van der Waals surface area contributed by atoms with Crippen molar-refractivity contribution in [2.24, 2.45) is 0 Å². The molecular weight excluding hydrogens is 290 g/mol. The first-order valence-electron chi connectivity index (χ1n) is 7.28. The van der Waals surface area contributed by atoms with Crippen LogP contribution in [0, 0.1) is 0 Å². The first-order chi connectivity index (χ1) is 10.9. The van der Waals surface area contributed by atoms with Gasteiger partial charge in [-0.15, -0.1) is 0 Å². The summed E-state index contributed by atoms with van der Waals surface area (Å²) >= 11 is 0. The van der Waals surface area contributed by atoms with Crippen LogP contribution in [0.15, 0.2) is 36.5 Å². The molecule has 23 heavy (non-hydrogen) atoms. The van der Waals surface area contributed by atoms with Crippen molar-refractivity contribution in [3.63, 3.8) is 0 Å². The van der Waals surface area contributed by atoms with Crippen LogP contribution in [0.5, 0.6) is 0 Å². The molecule has 120 valence electrons. The third-order valence-electron chi connectivity index (χ3n) is 3.44. The summed E-state index contributed by atoms with van der Waals surface area (Å²) in [6.45, 7) is 0. The minimum atomic E-state index is -0.0545. The molecule has 5 nitrogen and oxygen atoms in total. The SMILES string of the molecule is CN(C)C(=O)C=Cc1ccc2c(C=CC(=O)N(C)C)c[nH]c2c1. The van der Waals surface area contributed by atoms with E-state index in [2.05, 4.69) is 4.98 Å². The minimum Gasteiger partial charge on any atom is -0.361 e. The van der Waals surface area contributed by atoms with E-state index >= 15 is 0 Å². The van der Waals surface area contributed by atoms with Gasteiger partial charge in [0.25, 0.3) is 0 Å². The van der Waals surface area contributed by atoms with E-state index in [1.807, 2.05) is 24.4 Å². The number of likely N-dealkylation sites (N-methyl/N-ethyl adjacent to an activating group) is 2. The molecule has 1 aromatic carbocycles. The lowest BCUT2D eigenvalue weighted by atomic mass is 10.1. The van der Waals surface area contributed by atoms with E-state index in [1.54, 1.807) is 52.5 Å². The molecule has 0 atom stereocenters. The van der Waals surface area contributed by atoms with E-state index in [4.69, 9.17) is 0 Å². The van der Waals surface area contributed by atoms with E-state index in [-0.39, 0.29) is 11.8 Å². The molecular formula is C18H21N3O2. The molecule has 0 saturated carbocycles. The Hall–Kier alpha value is -2.82. The van der Waals surface area contributed by atoms with E-state index in [0.717, 1.165) is 22.0 Å². The molecule has 0 aliphatic heterocycles. The maximum absolute atomic E-state index is 11.6. The lowest BCUT2D eigenvalue weighted by molar-refractivity contribution is -0.124. The van der Waals surface area contributed by atoms with Crippen LogP contribution >= 0.6 is 0 Å². The second-order valence-electron chi connectivity index (χ2n) is 5.68. The van der Waals surface area contributed by atoms with Gasteiger partial charge in [-0.1, -0.05) is 12.1 Å². The van der Waals surface area contributed by atoms with E-state index in [1.165, 1.54) is 9.80 Å². The van der Waals surface area contributed by atoms with Gasteiger partial charge in [0, 0.05) is 57.4 Å². The molecule has 0 spiro atoms. The van der Waals surface area contributed by atoms with Crippen molar-refractivity contribution < 1.29 is 9.59 Å².